The monoisotopic (exact) mass is 910 g/mol. The van der Waals surface area contributed by atoms with Crippen molar-refractivity contribution >= 4 is 45.3 Å². The van der Waals surface area contributed by atoms with Crippen LogP contribution in [0.1, 0.15) is 20.7 Å². The number of carbonyl (C=O) groups excluding carboxylic acids is 2. The van der Waals surface area contributed by atoms with E-state index in [4.69, 9.17) is 14.2 Å². The minimum atomic E-state index is -0.610. The zero-order chi connectivity index (χ0) is 47.1. The molecular formula is C51H36F2N8O7. The van der Waals surface area contributed by atoms with Crippen molar-refractivity contribution in [3.8, 4) is 40.1 Å². The molecule has 15 nitrogen and oxygen atoms in total. The van der Waals surface area contributed by atoms with E-state index < -0.39 is 34.6 Å². The number of nitrogens with zero attached hydrogens (tertiary/aromatic N) is 4. The number of amides is 2. The van der Waals surface area contributed by atoms with Crippen molar-refractivity contribution in [2.75, 3.05) is 17.7 Å². The van der Waals surface area contributed by atoms with Crippen LogP contribution >= 0.6 is 0 Å². The molecule has 0 spiro atoms. The number of H-pyrrole nitrogens is 2. The SMILES string of the molecule is COc1cc(Oc2ccnc3[nH]ccc23)ccc1NC(=O)c1cccn(-c2ccc(F)cc2)c1=O.O=C(Nc1ccc(Oc2ccnc3[nH]ccc23)cc1)c1cccn(-c2ccc(F)cc2)c1=O. The molecule has 6 heterocycles. The van der Waals surface area contributed by atoms with Crippen molar-refractivity contribution in [2.45, 2.75) is 0 Å². The molecule has 10 aromatic rings. The molecule has 0 atom stereocenters. The van der Waals surface area contributed by atoms with Gasteiger partial charge in [0.1, 0.15) is 62.8 Å². The molecule has 0 saturated heterocycles. The molecule has 0 aliphatic heterocycles. The summed E-state index contributed by atoms with van der Waals surface area (Å²) in [5.41, 5.74) is 2.05. The summed E-state index contributed by atoms with van der Waals surface area (Å²) in [6, 6.07) is 35.9. The molecule has 17 heteroatoms. The summed E-state index contributed by atoms with van der Waals surface area (Å²) in [4.78, 5) is 66.0. The molecule has 0 aliphatic carbocycles. The molecule has 4 aromatic carbocycles. The third kappa shape index (κ3) is 9.43. The molecule has 336 valence electrons. The van der Waals surface area contributed by atoms with Crippen LogP contribution < -0.4 is 36.0 Å². The van der Waals surface area contributed by atoms with Crippen LogP contribution in [-0.4, -0.2) is 48.0 Å². The van der Waals surface area contributed by atoms with Crippen LogP contribution in [0.5, 0.6) is 28.7 Å². The molecular weight excluding hydrogens is 875 g/mol. The van der Waals surface area contributed by atoms with Gasteiger partial charge in [0.2, 0.25) is 0 Å². The Balaban J connectivity index is 0.000000170. The normalized spacial score (nSPS) is 10.8. The van der Waals surface area contributed by atoms with Crippen molar-refractivity contribution in [2.24, 2.45) is 0 Å². The van der Waals surface area contributed by atoms with E-state index in [0.29, 0.717) is 57.1 Å². The van der Waals surface area contributed by atoms with E-state index in [9.17, 15) is 28.0 Å². The summed E-state index contributed by atoms with van der Waals surface area (Å²) >= 11 is 0. The fourth-order valence-electron chi connectivity index (χ4n) is 7.08. The van der Waals surface area contributed by atoms with Gasteiger partial charge in [0.25, 0.3) is 22.9 Å². The number of methoxy groups -OCH3 is 1. The number of pyridine rings is 4. The van der Waals surface area contributed by atoms with Gasteiger partial charge in [0, 0.05) is 60.3 Å². The number of aromatic nitrogens is 6. The van der Waals surface area contributed by atoms with Gasteiger partial charge >= 0.3 is 0 Å². The van der Waals surface area contributed by atoms with Crippen LogP contribution in [0.15, 0.2) is 186 Å². The Morgan fingerprint density at radius 2 is 1.04 bits per heavy atom. The first-order valence-corrected chi connectivity index (χ1v) is 20.7. The van der Waals surface area contributed by atoms with E-state index in [1.54, 1.807) is 91.5 Å². The van der Waals surface area contributed by atoms with Gasteiger partial charge in [-0.05, 0) is 133 Å². The number of fused-ring (bicyclic) bond motifs is 2. The predicted octanol–water partition coefficient (Wildman–Crippen LogP) is 9.80. The molecule has 0 saturated carbocycles. The van der Waals surface area contributed by atoms with Crippen molar-refractivity contribution < 1.29 is 32.6 Å². The van der Waals surface area contributed by atoms with E-state index in [1.807, 2.05) is 12.1 Å². The third-order valence-corrected chi connectivity index (χ3v) is 10.4. The maximum Gasteiger partial charge on any atom is 0.267 e. The minimum Gasteiger partial charge on any atom is -0.494 e. The largest absolute Gasteiger partial charge is 0.494 e. The Morgan fingerprint density at radius 3 is 1.56 bits per heavy atom. The molecule has 6 aromatic heterocycles. The van der Waals surface area contributed by atoms with Gasteiger partial charge < -0.3 is 34.8 Å². The van der Waals surface area contributed by atoms with Gasteiger partial charge in [-0.25, -0.2) is 18.7 Å². The number of nitrogens with one attached hydrogen (secondary N) is 4. The van der Waals surface area contributed by atoms with E-state index in [0.717, 1.165) is 16.4 Å². The number of hydrogen-bond donors (Lipinski definition) is 4. The van der Waals surface area contributed by atoms with E-state index in [-0.39, 0.29) is 11.1 Å². The Kier molecular flexibility index (Phi) is 12.3. The first-order valence-electron chi connectivity index (χ1n) is 20.7. The Labute approximate surface area is 383 Å². The molecule has 4 N–H and O–H groups in total. The summed E-state index contributed by atoms with van der Waals surface area (Å²) in [5, 5.41) is 7.12. The van der Waals surface area contributed by atoms with Crippen LogP contribution in [0, 0.1) is 11.6 Å². The van der Waals surface area contributed by atoms with Crippen LogP contribution in [0.4, 0.5) is 20.2 Å². The average molecular weight is 911 g/mol. The number of aromatic amines is 2. The van der Waals surface area contributed by atoms with Gasteiger partial charge in [-0.2, -0.15) is 0 Å². The molecule has 0 radical (unpaired) electrons. The van der Waals surface area contributed by atoms with Gasteiger partial charge in [-0.3, -0.25) is 28.3 Å². The van der Waals surface area contributed by atoms with Gasteiger partial charge in [0.05, 0.1) is 23.6 Å². The number of halogens is 2. The highest BCUT2D eigenvalue weighted by Crippen LogP contribution is 2.34. The van der Waals surface area contributed by atoms with E-state index in [2.05, 4.69) is 30.6 Å². The second-order valence-electron chi connectivity index (χ2n) is 14.7. The second-order valence-corrected chi connectivity index (χ2v) is 14.7. The van der Waals surface area contributed by atoms with Gasteiger partial charge in [-0.15, -0.1) is 0 Å². The molecule has 68 heavy (non-hydrogen) atoms. The number of anilines is 2. The number of hydrogen-bond acceptors (Lipinski definition) is 9. The Morgan fingerprint density at radius 1 is 0.559 bits per heavy atom. The summed E-state index contributed by atoms with van der Waals surface area (Å²) in [7, 11) is 1.47. The Bertz CT molecular complexity index is 3570. The molecule has 0 aliphatic rings. The average Bonchev–Trinajstić information content (AvgIpc) is 4.05. The van der Waals surface area contributed by atoms with Crippen molar-refractivity contribution in [1.29, 1.82) is 0 Å². The lowest BCUT2D eigenvalue weighted by Crippen LogP contribution is -2.27. The van der Waals surface area contributed by atoms with Crippen molar-refractivity contribution in [1.82, 2.24) is 29.1 Å². The van der Waals surface area contributed by atoms with Gasteiger partial charge in [-0.1, -0.05) is 0 Å². The number of benzene rings is 4. The standard InChI is InChI=1S/C26H19FN4O4.C25H17FN4O3/c1-34-23-15-18(35-22-11-13-29-24-19(22)10-12-28-24)8-9-21(23)30-25(32)20-3-2-14-31(26(20)33)17-6-4-16(27)5-7-17;26-16-3-7-18(8-4-16)30-15-1-2-21(25(30)32)24(31)29-17-5-9-19(10-6-17)33-22-12-14-28-23-20(22)11-13-27-23/h2-15H,1H3,(H,28,29)(H,30,32);1-15H,(H,27,28)(H,29,31). The predicted molar refractivity (Wildman–Crippen MR) is 252 cm³/mol. The number of carbonyl (C=O) groups is 2. The highest BCUT2D eigenvalue weighted by Gasteiger charge is 2.18. The topological polar surface area (TPSA) is 187 Å². The second kappa shape index (κ2) is 19.2. The summed E-state index contributed by atoms with van der Waals surface area (Å²) in [5.74, 6) is 0.711. The lowest BCUT2D eigenvalue weighted by atomic mass is 10.2. The summed E-state index contributed by atoms with van der Waals surface area (Å²) in [6.45, 7) is 0. The minimum absolute atomic E-state index is 0.0335. The molecule has 0 bridgehead atoms. The Hall–Kier alpha value is -9.64. The molecule has 0 fully saturated rings. The van der Waals surface area contributed by atoms with E-state index >= 15 is 0 Å². The lowest BCUT2D eigenvalue weighted by molar-refractivity contribution is 0.101. The maximum absolute atomic E-state index is 13.3. The van der Waals surface area contributed by atoms with Crippen LogP contribution in [0.2, 0.25) is 0 Å². The zero-order valence-corrected chi connectivity index (χ0v) is 35.6. The summed E-state index contributed by atoms with van der Waals surface area (Å²) < 4.78 is 46.4. The number of rotatable bonds is 11. The van der Waals surface area contributed by atoms with Gasteiger partial charge in [0.15, 0.2) is 0 Å². The fraction of sp³-hybridized carbons (Fsp3) is 0.0196. The first kappa shape index (κ1) is 43.6. The smallest absolute Gasteiger partial charge is 0.267 e. The van der Waals surface area contributed by atoms with Crippen molar-refractivity contribution in [3.63, 3.8) is 0 Å². The molecule has 2 amide bonds. The molecule has 0 unspecified atom stereocenters. The van der Waals surface area contributed by atoms with Crippen LogP contribution in [0.25, 0.3) is 33.4 Å². The third-order valence-electron chi connectivity index (χ3n) is 10.4. The fourth-order valence-corrected chi connectivity index (χ4v) is 7.08. The van der Waals surface area contributed by atoms with Crippen LogP contribution in [-0.2, 0) is 0 Å². The lowest BCUT2D eigenvalue weighted by Gasteiger charge is -2.13. The highest BCUT2D eigenvalue weighted by atomic mass is 19.1. The zero-order valence-electron chi connectivity index (χ0n) is 35.6. The van der Waals surface area contributed by atoms with E-state index in [1.165, 1.54) is 89.3 Å². The van der Waals surface area contributed by atoms with Crippen molar-refractivity contribution in [3.05, 3.63) is 220 Å². The quantitative estimate of drug-likeness (QED) is 0.0980. The molecule has 10 rings (SSSR count). The maximum atomic E-state index is 13.3. The first-order chi connectivity index (χ1) is 33.1. The number of ether oxygens (including phenoxy) is 3. The van der Waals surface area contributed by atoms with Crippen LogP contribution in [0.3, 0.4) is 0 Å². The highest BCUT2D eigenvalue weighted by molar-refractivity contribution is 6.05. The summed E-state index contributed by atoms with van der Waals surface area (Å²) in [6.07, 6.45) is 9.90.